The van der Waals surface area contributed by atoms with Gasteiger partial charge in [0.25, 0.3) is 0 Å². The maximum Gasteiger partial charge on any atom is 0.239 e. The molecule has 2 aromatic rings. The summed E-state index contributed by atoms with van der Waals surface area (Å²) < 4.78 is 0. The molecule has 0 bridgehead atoms. The average molecular weight is 402 g/mol. The van der Waals surface area contributed by atoms with Gasteiger partial charge in [-0.3, -0.25) is 9.59 Å². The Kier molecular flexibility index (Phi) is 7.46. The highest BCUT2D eigenvalue weighted by Crippen LogP contribution is 2.27. The quantitative estimate of drug-likeness (QED) is 0.574. The number of benzene rings is 2. The summed E-state index contributed by atoms with van der Waals surface area (Å²) >= 11 is 0. The molecule has 28 heavy (non-hydrogen) atoms. The fraction of sp³-hybridized carbons (Fsp3) is 0.364. The van der Waals surface area contributed by atoms with E-state index in [4.69, 9.17) is 5.73 Å². The van der Waals surface area contributed by atoms with E-state index in [1.54, 1.807) is 4.90 Å². The number of amides is 2. The van der Waals surface area contributed by atoms with E-state index in [2.05, 4.69) is 19.2 Å². The molecule has 1 aliphatic rings. The summed E-state index contributed by atoms with van der Waals surface area (Å²) in [5.74, 6) is -0.442. The van der Waals surface area contributed by atoms with Gasteiger partial charge in [-0.05, 0) is 54.2 Å². The van der Waals surface area contributed by atoms with Gasteiger partial charge in [-0.15, -0.1) is 12.4 Å². The smallest absolute Gasteiger partial charge is 0.239 e. The van der Waals surface area contributed by atoms with Crippen molar-refractivity contribution >= 4 is 35.6 Å². The minimum atomic E-state index is -0.596. The van der Waals surface area contributed by atoms with Crippen molar-refractivity contribution in [1.29, 1.82) is 0 Å². The molecule has 0 spiro atoms. The molecule has 150 valence electrons. The molecule has 0 radical (unpaired) electrons. The number of halogens is 1. The van der Waals surface area contributed by atoms with E-state index in [0.717, 1.165) is 16.9 Å². The van der Waals surface area contributed by atoms with Crippen LogP contribution in [0.2, 0.25) is 0 Å². The Balaban J connectivity index is 0.00000280. The molecular formula is C22H28ClN3O2. The lowest BCUT2D eigenvalue weighted by Crippen LogP contribution is -2.37. The summed E-state index contributed by atoms with van der Waals surface area (Å²) in [7, 11) is 0. The van der Waals surface area contributed by atoms with Gasteiger partial charge in [-0.1, -0.05) is 38.1 Å². The molecule has 1 aliphatic heterocycles. The zero-order valence-electron chi connectivity index (χ0n) is 16.4. The maximum absolute atomic E-state index is 12.7. The minimum Gasteiger partial charge on any atom is -0.399 e. The summed E-state index contributed by atoms with van der Waals surface area (Å²) in [5, 5.41) is 2.90. The van der Waals surface area contributed by atoms with Crippen LogP contribution in [0.5, 0.6) is 0 Å². The summed E-state index contributed by atoms with van der Waals surface area (Å²) in [5.41, 5.74) is 9.60. The number of hydrogen-bond acceptors (Lipinski definition) is 3. The minimum absolute atomic E-state index is 0. The van der Waals surface area contributed by atoms with Gasteiger partial charge in [-0.2, -0.15) is 0 Å². The normalized spacial score (nSPS) is 16.2. The van der Waals surface area contributed by atoms with Crippen molar-refractivity contribution in [2.75, 3.05) is 23.7 Å². The standard InChI is InChI=1S/C22H27N3O2.ClH/c1-15(2)17-5-9-19(10-6-17)25-14-12-20(22(25)27)21(26)24-13-11-16-3-7-18(23)8-4-16;/h3-10,15,20H,11-14,23H2,1-2H3,(H,24,26);1H. The highest BCUT2D eigenvalue weighted by Gasteiger charge is 2.37. The number of nitrogen functional groups attached to an aromatic ring is 1. The molecule has 0 saturated carbocycles. The number of nitrogens with two attached hydrogens (primary N) is 1. The molecule has 5 nitrogen and oxygen atoms in total. The highest BCUT2D eigenvalue weighted by atomic mass is 35.5. The monoisotopic (exact) mass is 401 g/mol. The maximum atomic E-state index is 12.7. The number of nitrogens with one attached hydrogen (secondary N) is 1. The van der Waals surface area contributed by atoms with Crippen molar-refractivity contribution in [2.45, 2.75) is 32.6 Å². The fourth-order valence-electron chi connectivity index (χ4n) is 3.36. The summed E-state index contributed by atoms with van der Waals surface area (Å²) in [4.78, 5) is 26.8. The molecule has 3 rings (SSSR count). The van der Waals surface area contributed by atoms with Crippen molar-refractivity contribution in [3.05, 3.63) is 59.7 Å². The molecule has 1 fully saturated rings. The van der Waals surface area contributed by atoms with E-state index < -0.39 is 5.92 Å². The Morgan fingerprint density at radius 2 is 1.79 bits per heavy atom. The van der Waals surface area contributed by atoms with Crippen molar-refractivity contribution in [1.82, 2.24) is 5.32 Å². The third-order valence-electron chi connectivity index (χ3n) is 5.09. The van der Waals surface area contributed by atoms with Crippen LogP contribution >= 0.6 is 12.4 Å². The number of hydrogen-bond donors (Lipinski definition) is 2. The SMILES string of the molecule is CC(C)c1ccc(N2CCC(C(=O)NCCc3ccc(N)cc3)C2=O)cc1.Cl. The number of nitrogens with zero attached hydrogens (tertiary/aromatic N) is 1. The van der Waals surface area contributed by atoms with Gasteiger partial charge in [0, 0.05) is 24.5 Å². The number of carbonyl (C=O) groups is 2. The first-order valence-corrected chi connectivity index (χ1v) is 9.49. The van der Waals surface area contributed by atoms with E-state index in [1.165, 1.54) is 5.56 Å². The lowest BCUT2D eigenvalue weighted by Gasteiger charge is -2.18. The van der Waals surface area contributed by atoms with Crippen LogP contribution in [0.25, 0.3) is 0 Å². The zero-order chi connectivity index (χ0) is 19.4. The second-order valence-corrected chi connectivity index (χ2v) is 7.36. The molecule has 0 aromatic heterocycles. The molecule has 1 unspecified atom stereocenters. The molecule has 1 atom stereocenters. The van der Waals surface area contributed by atoms with Crippen LogP contribution in [0.1, 0.15) is 37.3 Å². The summed E-state index contributed by atoms with van der Waals surface area (Å²) in [6, 6.07) is 15.6. The van der Waals surface area contributed by atoms with Gasteiger partial charge >= 0.3 is 0 Å². The van der Waals surface area contributed by atoms with E-state index in [0.29, 0.717) is 31.8 Å². The second kappa shape index (κ2) is 9.60. The molecular weight excluding hydrogens is 374 g/mol. The molecule has 0 aliphatic carbocycles. The second-order valence-electron chi connectivity index (χ2n) is 7.36. The van der Waals surface area contributed by atoms with Gasteiger partial charge in [0.05, 0.1) is 0 Å². The van der Waals surface area contributed by atoms with Gasteiger partial charge in [-0.25, -0.2) is 0 Å². The van der Waals surface area contributed by atoms with Gasteiger partial charge < -0.3 is 16.0 Å². The number of anilines is 2. The van der Waals surface area contributed by atoms with Crippen molar-refractivity contribution in [3.63, 3.8) is 0 Å². The predicted octanol–water partition coefficient (Wildman–Crippen LogP) is 3.53. The van der Waals surface area contributed by atoms with Gasteiger partial charge in [0.2, 0.25) is 11.8 Å². The Morgan fingerprint density at radius 1 is 1.14 bits per heavy atom. The fourth-order valence-corrected chi connectivity index (χ4v) is 3.36. The summed E-state index contributed by atoms with van der Waals surface area (Å²) in [6.45, 7) is 5.37. The first-order valence-electron chi connectivity index (χ1n) is 9.49. The average Bonchev–Trinajstić information content (AvgIpc) is 3.05. The van der Waals surface area contributed by atoms with Crippen LogP contribution in [0.4, 0.5) is 11.4 Å². The van der Waals surface area contributed by atoms with Gasteiger partial charge in [0.1, 0.15) is 5.92 Å². The zero-order valence-corrected chi connectivity index (χ0v) is 17.2. The first-order chi connectivity index (χ1) is 13.0. The third kappa shape index (κ3) is 5.04. The van der Waals surface area contributed by atoms with Crippen LogP contribution in [-0.4, -0.2) is 24.9 Å². The Hall–Kier alpha value is -2.53. The van der Waals surface area contributed by atoms with Gasteiger partial charge in [0.15, 0.2) is 0 Å². The van der Waals surface area contributed by atoms with Crippen LogP contribution in [0.3, 0.4) is 0 Å². The highest BCUT2D eigenvalue weighted by molar-refractivity contribution is 6.09. The van der Waals surface area contributed by atoms with Crippen LogP contribution in [-0.2, 0) is 16.0 Å². The number of carbonyl (C=O) groups excluding carboxylic acids is 2. The Morgan fingerprint density at radius 3 is 2.39 bits per heavy atom. The van der Waals surface area contributed by atoms with Crippen LogP contribution in [0, 0.1) is 5.92 Å². The molecule has 3 N–H and O–H groups in total. The van der Waals surface area contributed by atoms with E-state index in [9.17, 15) is 9.59 Å². The van der Waals surface area contributed by atoms with E-state index in [-0.39, 0.29) is 24.2 Å². The Bertz CT molecular complexity index is 804. The predicted molar refractivity (Wildman–Crippen MR) is 116 cm³/mol. The van der Waals surface area contributed by atoms with Crippen LogP contribution in [0.15, 0.2) is 48.5 Å². The lowest BCUT2D eigenvalue weighted by molar-refractivity contribution is -0.132. The third-order valence-corrected chi connectivity index (χ3v) is 5.09. The van der Waals surface area contributed by atoms with E-state index >= 15 is 0 Å². The molecule has 2 aromatic carbocycles. The topological polar surface area (TPSA) is 75.4 Å². The van der Waals surface area contributed by atoms with Crippen LogP contribution < -0.4 is 16.0 Å². The molecule has 1 heterocycles. The molecule has 2 amide bonds. The van der Waals surface area contributed by atoms with Crippen molar-refractivity contribution < 1.29 is 9.59 Å². The summed E-state index contributed by atoms with van der Waals surface area (Å²) in [6.07, 6.45) is 1.27. The molecule has 6 heteroatoms. The number of rotatable bonds is 6. The Labute approximate surface area is 172 Å². The van der Waals surface area contributed by atoms with E-state index in [1.807, 2.05) is 48.5 Å². The molecule has 1 saturated heterocycles. The van der Waals surface area contributed by atoms with Crippen molar-refractivity contribution in [2.24, 2.45) is 5.92 Å². The lowest BCUT2D eigenvalue weighted by atomic mass is 10.0. The van der Waals surface area contributed by atoms with Crippen molar-refractivity contribution in [3.8, 4) is 0 Å². The first kappa shape index (κ1) is 21.8. The largest absolute Gasteiger partial charge is 0.399 e.